The molecule has 1 aliphatic carbocycles. The number of carbonyl (C=O) groups is 2. The van der Waals surface area contributed by atoms with Gasteiger partial charge >= 0.3 is 5.97 Å². The molecule has 1 amide bonds. The minimum absolute atomic E-state index is 0.131. The van der Waals surface area contributed by atoms with Crippen molar-refractivity contribution in [2.45, 2.75) is 32.3 Å². The Labute approximate surface area is 193 Å². The van der Waals surface area contributed by atoms with E-state index in [0.29, 0.717) is 21.9 Å². The summed E-state index contributed by atoms with van der Waals surface area (Å²) < 4.78 is 7.13. The van der Waals surface area contributed by atoms with E-state index in [1.165, 1.54) is 22.3 Å². The number of para-hydroxylation sites is 1. The highest BCUT2D eigenvalue weighted by molar-refractivity contribution is 7.17. The molecule has 0 atom stereocenters. The average Bonchev–Trinajstić information content (AvgIpc) is 3.22. The van der Waals surface area contributed by atoms with Crippen molar-refractivity contribution in [2.24, 2.45) is 0 Å². The lowest BCUT2D eigenvalue weighted by molar-refractivity contribution is 0.0469. The first-order valence-electron chi connectivity index (χ1n) is 10.8. The predicted octanol–water partition coefficient (Wildman–Crippen LogP) is 4.24. The van der Waals surface area contributed by atoms with Gasteiger partial charge in [-0.25, -0.2) is 9.78 Å². The monoisotopic (exact) mass is 459 g/mol. The topological polar surface area (TPSA) is 89.8 Å². The quantitative estimate of drug-likeness (QED) is 0.451. The SMILES string of the molecule is O=C(Nc1ccccc1C(=O)OCc1cc(=O)n2c3c(sc2n1)CCCC3)c1ccccc1. The van der Waals surface area contributed by atoms with Crippen molar-refractivity contribution in [3.05, 3.63) is 98.4 Å². The van der Waals surface area contributed by atoms with Crippen LogP contribution in [0.1, 0.15) is 49.8 Å². The Morgan fingerprint density at radius 3 is 2.64 bits per heavy atom. The number of anilines is 1. The number of hydrogen-bond acceptors (Lipinski definition) is 6. The fraction of sp³-hybridized carbons (Fsp3) is 0.200. The van der Waals surface area contributed by atoms with Gasteiger partial charge in [-0.3, -0.25) is 14.0 Å². The Morgan fingerprint density at radius 2 is 1.79 bits per heavy atom. The van der Waals surface area contributed by atoms with Crippen LogP contribution in [0.5, 0.6) is 0 Å². The van der Waals surface area contributed by atoms with Crippen molar-refractivity contribution in [2.75, 3.05) is 5.32 Å². The van der Waals surface area contributed by atoms with E-state index in [4.69, 9.17) is 4.74 Å². The fourth-order valence-corrected chi connectivity index (χ4v) is 5.22. The van der Waals surface area contributed by atoms with Gasteiger partial charge in [-0.2, -0.15) is 0 Å². The van der Waals surface area contributed by atoms with Gasteiger partial charge in [-0.1, -0.05) is 30.3 Å². The molecule has 5 rings (SSSR count). The number of carbonyl (C=O) groups excluding carboxylic acids is 2. The van der Waals surface area contributed by atoms with Crippen LogP contribution >= 0.6 is 11.3 Å². The van der Waals surface area contributed by atoms with Crippen molar-refractivity contribution < 1.29 is 14.3 Å². The highest BCUT2D eigenvalue weighted by atomic mass is 32.1. The standard InChI is InChI=1S/C25H21N3O4S/c29-22-14-17(26-25-28(22)20-12-6-7-13-21(20)33-25)15-32-24(31)18-10-4-5-11-19(18)27-23(30)16-8-2-1-3-9-16/h1-5,8-11,14H,6-7,12-13,15H2,(H,27,30). The largest absolute Gasteiger partial charge is 0.456 e. The lowest BCUT2D eigenvalue weighted by Crippen LogP contribution is -2.19. The van der Waals surface area contributed by atoms with Gasteiger partial charge in [0.1, 0.15) is 6.61 Å². The summed E-state index contributed by atoms with van der Waals surface area (Å²) in [7, 11) is 0. The Kier molecular flexibility index (Phi) is 5.75. The van der Waals surface area contributed by atoms with Crippen LogP contribution in [0.4, 0.5) is 5.69 Å². The number of nitrogens with one attached hydrogen (secondary N) is 1. The van der Waals surface area contributed by atoms with Gasteiger partial charge in [-0.05, 0) is 49.9 Å². The molecule has 0 fully saturated rings. The Hall–Kier alpha value is -3.78. The number of rotatable bonds is 5. The molecule has 0 saturated heterocycles. The minimum Gasteiger partial charge on any atom is -0.456 e. The third kappa shape index (κ3) is 4.29. The average molecular weight is 460 g/mol. The summed E-state index contributed by atoms with van der Waals surface area (Å²) in [5.74, 6) is -0.927. The molecular weight excluding hydrogens is 438 g/mol. The third-order valence-corrected chi connectivity index (χ3v) is 6.74. The van der Waals surface area contributed by atoms with Gasteiger partial charge in [0.05, 0.1) is 16.9 Å². The van der Waals surface area contributed by atoms with Crippen molar-refractivity contribution in [3.8, 4) is 0 Å². The minimum atomic E-state index is -0.605. The van der Waals surface area contributed by atoms with Gasteiger partial charge in [0.25, 0.3) is 11.5 Å². The van der Waals surface area contributed by atoms with Crippen molar-refractivity contribution in [3.63, 3.8) is 0 Å². The summed E-state index contributed by atoms with van der Waals surface area (Å²) in [6.45, 7) is -0.131. The lowest BCUT2D eigenvalue weighted by atomic mass is 10.0. The van der Waals surface area contributed by atoms with Gasteiger partial charge < -0.3 is 10.1 Å². The fourth-order valence-electron chi connectivity index (χ4n) is 3.99. The number of aryl methyl sites for hydroxylation is 2. The second-order valence-electron chi connectivity index (χ2n) is 7.82. The molecule has 0 radical (unpaired) electrons. The Balaban J connectivity index is 1.33. The highest BCUT2D eigenvalue weighted by Crippen LogP contribution is 2.28. The molecule has 33 heavy (non-hydrogen) atoms. The summed E-state index contributed by atoms with van der Waals surface area (Å²) in [5, 5.41) is 2.76. The van der Waals surface area contributed by atoms with Crippen LogP contribution in [0.15, 0.2) is 65.5 Å². The predicted molar refractivity (Wildman–Crippen MR) is 126 cm³/mol. The molecule has 0 spiro atoms. The molecule has 4 aromatic rings. The Bertz CT molecular complexity index is 1410. The zero-order valence-corrected chi connectivity index (χ0v) is 18.6. The number of fused-ring (bicyclic) bond motifs is 3. The molecule has 0 saturated carbocycles. The number of esters is 1. The molecule has 7 nitrogen and oxygen atoms in total. The number of nitrogens with zero attached hydrogens (tertiary/aromatic N) is 2. The molecule has 8 heteroatoms. The number of hydrogen-bond donors (Lipinski definition) is 1. The summed E-state index contributed by atoms with van der Waals surface area (Å²) in [5.41, 5.74) is 2.37. The maximum Gasteiger partial charge on any atom is 0.340 e. The number of aromatic nitrogens is 2. The van der Waals surface area contributed by atoms with E-state index in [9.17, 15) is 14.4 Å². The summed E-state index contributed by atoms with van der Waals surface area (Å²) in [4.78, 5) is 44.4. The van der Waals surface area contributed by atoms with Crippen LogP contribution in [0.3, 0.4) is 0 Å². The van der Waals surface area contributed by atoms with Crippen molar-refractivity contribution >= 4 is 33.9 Å². The van der Waals surface area contributed by atoms with Crippen LogP contribution in [-0.4, -0.2) is 21.3 Å². The zero-order valence-electron chi connectivity index (χ0n) is 17.7. The molecule has 2 aromatic carbocycles. The van der Waals surface area contributed by atoms with Gasteiger partial charge in [0.2, 0.25) is 0 Å². The maximum atomic E-state index is 12.8. The van der Waals surface area contributed by atoms with E-state index in [-0.39, 0.29) is 23.6 Å². The second kappa shape index (κ2) is 8.99. The molecule has 0 unspecified atom stereocenters. The first-order valence-corrected chi connectivity index (χ1v) is 11.6. The van der Waals surface area contributed by atoms with Crippen LogP contribution in [-0.2, 0) is 24.2 Å². The van der Waals surface area contributed by atoms with Crippen LogP contribution in [0.25, 0.3) is 4.96 Å². The zero-order chi connectivity index (χ0) is 22.8. The van der Waals surface area contributed by atoms with Crippen molar-refractivity contribution in [1.82, 2.24) is 9.38 Å². The Morgan fingerprint density at radius 1 is 1.03 bits per heavy atom. The first-order chi connectivity index (χ1) is 16.1. The normalized spacial score (nSPS) is 12.8. The third-order valence-electron chi connectivity index (χ3n) is 5.60. The summed E-state index contributed by atoms with van der Waals surface area (Å²) >= 11 is 1.53. The van der Waals surface area contributed by atoms with Crippen LogP contribution < -0.4 is 10.9 Å². The maximum absolute atomic E-state index is 12.8. The van der Waals surface area contributed by atoms with Gasteiger partial charge in [-0.15, -0.1) is 11.3 Å². The van der Waals surface area contributed by atoms with E-state index < -0.39 is 5.97 Å². The van der Waals surface area contributed by atoms with Crippen molar-refractivity contribution in [1.29, 1.82) is 0 Å². The molecule has 0 aliphatic heterocycles. The lowest BCUT2D eigenvalue weighted by Gasteiger charge is -2.11. The van der Waals surface area contributed by atoms with E-state index >= 15 is 0 Å². The van der Waals surface area contributed by atoms with Gasteiger partial charge in [0.15, 0.2) is 4.96 Å². The first kappa shape index (κ1) is 21.1. The smallest absolute Gasteiger partial charge is 0.340 e. The number of thiazole rings is 1. The molecular formula is C25H21N3O4S. The molecule has 166 valence electrons. The number of benzene rings is 2. The molecule has 0 bridgehead atoms. The van der Waals surface area contributed by atoms with E-state index in [1.807, 2.05) is 6.07 Å². The molecule has 1 N–H and O–H groups in total. The number of amides is 1. The van der Waals surface area contributed by atoms with E-state index in [0.717, 1.165) is 31.4 Å². The number of ether oxygens (including phenoxy) is 1. The molecule has 2 aromatic heterocycles. The highest BCUT2D eigenvalue weighted by Gasteiger charge is 2.20. The van der Waals surface area contributed by atoms with Crippen LogP contribution in [0, 0.1) is 0 Å². The summed E-state index contributed by atoms with van der Waals surface area (Å²) in [6, 6.07) is 16.8. The van der Waals surface area contributed by atoms with E-state index in [1.54, 1.807) is 52.9 Å². The van der Waals surface area contributed by atoms with Gasteiger partial charge in [0, 0.05) is 22.2 Å². The van der Waals surface area contributed by atoms with Crippen LogP contribution in [0.2, 0.25) is 0 Å². The molecule has 1 aliphatic rings. The second-order valence-corrected chi connectivity index (χ2v) is 8.89. The van der Waals surface area contributed by atoms with E-state index in [2.05, 4.69) is 10.3 Å². The summed E-state index contributed by atoms with van der Waals surface area (Å²) in [6.07, 6.45) is 4.06. The molecule has 2 heterocycles.